The number of halogens is 1. The molecule has 0 bridgehead atoms. The monoisotopic (exact) mass is 543 g/mol. The summed E-state index contributed by atoms with van der Waals surface area (Å²) in [4.78, 5) is 39.1. The summed E-state index contributed by atoms with van der Waals surface area (Å²) in [5.41, 5.74) is 9.38. The summed E-state index contributed by atoms with van der Waals surface area (Å²) in [6.45, 7) is -0.123. The summed E-state index contributed by atoms with van der Waals surface area (Å²) >= 11 is 0. The van der Waals surface area contributed by atoms with Crippen LogP contribution in [0.15, 0.2) is 42.6 Å². The number of aliphatic hydroxyl groups is 1. The molecule has 1 fully saturated rings. The largest absolute Gasteiger partial charge is 0.477 e. The Labute approximate surface area is 228 Å². The van der Waals surface area contributed by atoms with E-state index in [9.17, 15) is 19.8 Å². The highest BCUT2D eigenvalue weighted by Crippen LogP contribution is 2.42. The first kappa shape index (κ1) is 25.4. The number of fused-ring (bicyclic) bond motifs is 1. The molecule has 204 valence electrons. The van der Waals surface area contributed by atoms with E-state index in [1.807, 2.05) is 6.07 Å². The number of aryl methyl sites for hydroxylation is 1. The number of amides is 1. The van der Waals surface area contributed by atoms with Gasteiger partial charge in [-0.15, -0.1) is 0 Å². The Kier molecular flexibility index (Phi) is 6.18. The first-order valence-electron chi connectivity index (χ1n) is 12.8. The molecule has 2 aromatic heterocycles. The van der Waals surface area contributed by atoms with Crippen LogP contribution in [0.1, 0.15) is 56.3 Å². The maximum atomic E-state index is 15.1. The average molecular weight is 544 g/mol. The molecular formula is C28H26FN7O4. The van der Waals surface area contributed by atoms with E-state index in [-0.39, 0.29) is 29.0 Å². The molecule has 11 nitrogen and oxygen atoms in total. The van der Waals surface area contributed by atoms with Gasteiger partial charge in [-0.3, -0.25) is 4.79 Å². The molecule has 2 aliphatic rings. The highest BCUT2D eigenvalue weighted by Gasteiger charge is 2.33. The molecule has 6 rings (SSSR count). The molecule has 1 aliphatic heterocycles. The first-order valence-corrected chi connectivity index (χ1v) is 12.8. The summed E-state index contributed by atoms with van der Waals surface area (Å²) in [7, 11) is 1.60. The van der Waals surface area contributed by atoms with Crippen molar-refractivity contribution in [1.82, 2.24) is 19.5 Å². The number of nitrogens with zero attached hydrogens (tertiary/aromatic N) is 5. The molecule has 1 saturated carbocycles. The van der Waals surface area contributed by atoms with Crippen molar-refractivity contribution in [3.63, 3.8) is 0 Å². The highest BCUT2D eigenvalue weighted by atomic mass is 19.1. The van der Waals surface area contributed by atoms with Crippen LogP contribution in [0.2, 0.25) is 0 Å². The van der Waals surface area contributed by atoms with Gasteiger partial charge in [0.1, 0.15) is 11.5 Å². The molecule has 12 heteroatoms. The molecule has 5 N–H and O–H groups in total. The number of hydrogen-bond donors (Lipinski definition) is 4. The Morgan fingerprint density at radius 3 is 2.70 bits per heavy atom. The molecule has 1 aliphatic carbocycles. The molecule has 0 atom stereocenters. The van der Waals surface area contributed by atoms with Gasteiger partial charge in [0.25, 0.3) is 5.91 Å². The molecule has 2 aromatic carbocycles. The molecule has 1 amide bonds. The van der Waals surface area contributed by atoms with E-state index in [2.05, 4.69) is 20.3 Å². The van der Waals surface area contributed by atoms with Gasteiger partial charge in [0.15, 0.2) is 5.82 Å². The lowest BCUT2D eigenvalue weighted by Gasteiger charge is -2.31. The minimum Gasteiger partial charge on any atom is -0.477 e. The SMILES string of the molecule is Cn1cc(Nc2nc(N)nc(-c3cccc(N4CCc5cc(C6CC6)cc(F)c5C4=O)c3CO)n2)cc1C(=O)O. The summed E-state index contributed by atoms with van der Waals surface area (Å²) in [6, 6.07) is 9.91. The minimum atomic E-state index is -1.09. The number of aromatic nitrogens is 4. The topological polar surface area (TPSA) is 159 Å². The van der Waals surface area contributed by atoms with Crippen molar-refractivity contribution in [2.45, 2.75) is 31.8 Å². The molecule has 40 heavy (non-hydrogen) atoms. The number of carbonyl (C=O) groups excluding carboxylic acids is 1. The number of nitrogens with one attached hydrogen (secondary N) is 1. The second-order valence-corrected chi connectivity index (χ2v) is 9.98. The van der Waals surface area contributed by atoms with Crippen LogP contribution >= 0.6 is 0 Å². The van der Waals surface area contributed by atoms with Gasteiger partial charge >= 0.3 is 5.97 Å². The number of rotatable bonds is 7. The van der Waals surface area contributed by atoms with Crippen LogP contribution < -0.4 is 16.0 Å². The summed E-state index contributed by atoms with van der Waals surface area (Å²) < 4.78 is 16.6. The molecule has 0 unspecified atom stereocenters. The Hall–Kier alpha value is -4.84. The zero-order valence-corrected chi connectivity index (χ0v) is 21.6. The number of anilines is 4. The highest BCUT2D eigenvalue weighted by molar-refractivity contribution is 6.09. The number of carbonyl (C=O) groups is 2. The Bertz CT molecular complexity index is 1680. The fraction of sp³-hybridized carbons (Fsp3) is 0.250. The van der Waals surface area contributed by atoms with Crippen molar-refractivity contribution in [2.75, 3.05) is 22.5 Å². The van der Waals surface area contributed by atoms with E-state index in [1.165, 1.54) is 21.6 Å². The van der Waals surface area contributed by atoms with Crippen molar-refractivity contribution >= 4 is 35.1 Å². The number of nitrogen functional groups attached to an aromatic ring is 1. The first-order chi connectivity index (χ1) is 19.2. The third-order valence-electron chi connectivity index (χ3n) is 7.28. The number of carboxylic acids is 1. The quantitative estimate of drug-likeness (QED) is 0.273. The van der Waals surface area contributed by atoms with Gasteiger partial charge in [-0.1, -0.05) is 18.2 Å². The third-order valence-corrected chi connectivity index (χ3v) is 7.28. The maximum absolute atomic E-state index is 15.1. The lowest BCUT2D eigenvalue weighted by atomic mass is 9.93. The summed E-state index contributed by atoms with van der Waals surface area (Å²) in [5.74, 6) is -1.61. The lowest BCUT2D eigenvalue weighted by Crippen LogP contribution is -2.39. The molecule has 0 spiro atoms. The van der Waals surface area contributed by atoms with Gasteiger partial charge in [0.2, 0.25) is 11.9 Å². The molecule has 0 radical (unpaired) electrons. The van der Waals surface area contributed by atoms with Crippen LogP contribution in [0.3, 0.4) is 0 Å². The van der Waals surface area contributed by atoms with E-state index >= 15 is 4.39 Å². The average Bonchev–Trinajstić information content (AvgIpc) is 3.70. The normalized spacial score (nSPS) is 14.8. The van der Waals surface area contributed by atoms with Crippen LogP contribution in [0.25, 0.3) is 11.4 Å². The Balaban J connectivity index is 1.35. The number of benzene rings is 2. The van der Waals surface area contributed by atoms with Gasteiger partial charge in [0.05, 0.1) is 23.5 Å². The minimum absolute atomic E-state index is 0.0597. The van der Waals surface area contributed by atoms with Gasteiger partial charge in [-0.05, 0) is 54.5 Å². The fourth-order valence-corrected chi connectivity index (χ4v) is 5.22. The van der Waals surface area contributed by atoms with E-state index in [0.29, 0.717) is 46.9 Å². The van der Waals surface area contributed by atoms with Crippen LogP contribution in [0.5, 0.6) is 0 Å². The number of hydrogen-bond acceptors (Lipinski definition) is 8. The molecule has 3 heterocycles. The van der Waals surface area contributed by atoms with E-state index in [1.54, 1.807) is 31.4 Å². The third kappa shape index (κ3) is 4.51. The smallest absolute Gasteiger partial charge is 0.352 e. The summed E-state index contributed by atoms with van der Waals surface area (Å²) in [5, 5.41) is 22.7. The van der Waals surface area contributed by atoms with Crippen LogP contribution in [0.4, 0.5) is 27.7 Å². The molecular weight excluding hydrogens is 517 g/mol. The van der Waals surface area contributed by atoms with Gasteiger partial charge < -0.3 is 30.7 Å². The van der Waals surface area contributed by atoms with Gasteiger partial charge in [-0.25, -0.2) is 9.18 Å². The van der Waals surface area contributed by atoms with Crippen LogP contribution in [-0.2, 0) is 20.1 Å². The van der Waals surface area contributed by atoms with Crippen molar-refractivity contribution in [3.05, 3.63) is 76.4 Å². The standard InChI is InChI=1S/C28H26FN7O4/c1-35-12-17(11-22(35)26(39)40)31-28-33-24(32-27(30)34-28)18-3-2-4-21(19(18)13-37)36-8-7-15-9-16(14-5-6-14)10-20(29)23(15)25(36)38/h2-4,9-12,14,37H,5-8,13H2,1H3,(H,39,40)(H3,30,31,32,33,34). The molecule has 0 saturated heterocycles. The van der Waals surface area contributed by atoms with E-state index in [0.717, 1.165) is 18.4 Å². The Morgan fingerprint density at radius 2 is 2.00 bits per heavy atom. The number of carboxylic acid groups (broad SMARTS) is 1. The maximum Gasteiger partial charge on any atom is 0.352 e. The fourth-order valence-electron chi connectivity index (χ4n) is 5.22. The van der Waals surface area contributed by atoms with E-state index in [4.69, 9.17) is 5.73 Å². The predicted molar refractivity (Wildman–Crippen MR) is 145 cm³/mol. The zero-order chi connectivity index (χ0) is 28.1. The van der Waals surface area contributed by atoms with E-state index < -0.39 is 24.3 Å². The van der Waals surface area contributed by atoms with Crippen molar-refractivity contribution < 1.29 is 24.2 Å². The second-order valence-electron chi connectivity index (χ2n) is 9.98. The molecule has 4 aromatic rings. The van der Waals surface area contributed by atoms with Crippen molar-refractivity contribution in [2.24, 2.45) is 7.05 Å². The number of nitrogens with two attached hydrogens (primary N) is 1. The van der Waals surface area contributed by atoms with Crippen LogP contribution in [0, 0.1) is 5.82 Å². The van der Waals surface area contributed by atoms with Gasteiger partial charge in [-0.2, -0.15) is 15.0 Å². The van der Waals surface area contributed by atoms with Crippen LogP contribution in [-0.4, -0.2) is 48.2 Å². The Morgan fingerprint density at radius 1 is 1.20 bits per heavy atom. The second kappa shape index (κ2) is 9.72. The van der Waals surface area contributed by atoms with Crippen molar-refractivity contribution in [1.29, 1.82) is 0 Å². The summed E-state index contributed by atoms with van der Waals surface area (Å²) in [6.07, 6.45) is 4.13. The number of aliphatic hydroxyl groups excluding tert-OH is 1. The lowest BCUT2D eigenvalue weighted by molar-refractivity contribution is 0.0686. The predicted octanol–water partition coefficient (Wildman–Crippen LogP) is 3.61. The number of aromatic carboxylic acids is 1. The zero-order valence-electron chi connectivity index (χ0n) is 21.6. The van der Waals surface area contributed by atoms with Crippen molar-refractivity contribution in [3.8, 4) is 11.4 Å². The van der Waals surface area contributed by atoms with Gasteiger partial charge in [0, 0.05) is 30.9 Å².